The molecule has 172 valence electrons. The minimum absolute atomic E-state index is 0.151. The summed E-state index contributed by atoms with van der Waals surface area (Å²) in [5.41, 5.74) is 1.25. The molecule has 2 unspecified atom stereocenters. The van der Waals surface area contributed by atoms with Crippen molar-refractivity contribution < 1.29 is 41.6 Å². The number of carbonyl (C=O) groups is 3. The maximum Gasteiger partial charge on any atom is 0.490 e. The first-order valence-corrected chi connectivity index (χ1v) is 9.57. The van der Waals surface area contributed by atoms with Crippen LogP contribution in [0.5, 0.6) is 0 Å². The van der Waals surface area contributed by atoms with Gasteiger partial charge in [-0.1, -0.05) is 5.16 Å². The van der Waals surface area contributed by atoms with E-state index in [0.717, 1.165) is 29.3 Å². The second kappa shape index (κ2) is 9.07. The molecule has 0 bridgehead atoms. The fourth-order valence-electron chi connectivity index (χ4n) is 3.64. The molecular formula is C20H19F4N3O5. The molecule has 2 aliphatic heterocycles. The fourth-order valence-corrected chi connectivity index (χ4v) is 3.64. The van der Waals surface area contributed by atoms with Gasteiger partial charge in [0.25, 0.3) is 5.91 Å². The number of benzene rings is 1. The lowest BCUT2D eigenvalue weighted by Crippen LogP contribution is -2.40. The summed E-state index contributed by atoms with van der Waals surface area (Å²) in [6.45, 7) is 3.26. The summed E-state index contributed by atoms with van der Waals surface area (Å²) in [6.07, 6.45) is -4.07. The highest BCUT2D eigenvalue weighted by atomic mass is 19.4. The van der Waals surface area contributed by atoms with Crippen LogP contribution in [0.2, 0.25) is 0 Å². The number of aryl methyl sites for hydroxylation is 1. The zero-order chi connectivity index (χ0) is 23.6. The van der Waals surface area contributed by atoms with Crippen LogP contribution in [0.4, 0.5) is 23.2 Å². The van der Waals surface area contributed by atoms with Crippen molar-refractivity contribution in [3.8, 4) is 0 Å². The molecule has 4 rings (SSSR count). The number of hydrogen-bond acceptors (Lipinski definition) is 6. The second-order valence-electron chi connectivity index (χ2n) is 7.42. The van der Waals surface area contributed by atoms with Crippen LogP contribution in [0.1, 0.15) is 30.2 Å². The smallest absolute Gasteiger partial charge is 0.475 e. The van der Waals surface area contributed by atoms with E-state index in [-0.39, 0.29) is 24.2 Å². The first-order chi connectivity index (χ1) is 15.0. The Balaban J connectivity index is 0.000000360. The lowest BCUT2D eigenvalue weighted by molar-refractivity contribution is -0.192. The van der Waals surface area contributed by atoms with Crippen molar-refractivity contribution in [3.05, 3.63) is 47.6 Å². The van der Waals surface area contributed by atoms with Crippen LogP contribution in [-0.2, 0) is 14.4 Å². The minimum atomic E-state index is -5.08. The third-order valence-electron chi connectivity index (χ3n) is 5.16. The van der Waals surface area contributed by atoms with E-state index < -0.39 is 24.0 Å². The predicted octanol–water partition coefficient (Wildman–Crippen LogP) is 2.88. The summed E-state index contributed by atoms with van der Waals surface area (Å²) in [5.74, 6) is -2.64. The molecule has 2 amide bonds. The van der Waals surface area contributed by atoms with E-state index in [2.05, 4.69) is 5.16 Å². The van der Waals surface area contributed by atoms with Gasteiger partial charge in [0.15, 0.2) is 0 Å². The van der Waals surface area contributed by atoms with Crippen molar-refractivity contribution in [2.45, 2.75) is 37.9 Å². The maximum atomic E-state index is 13.1. The van der Waals surface area contributed by atoms with Crippen molar-refractivity contribution >= 4 is 23.5 Å². The number of anilines is 1. The Morgan fingerprint density at radius 3 is 2.38 bits per heavy atom. The quantitative estimate of drug-likeness (QED) is 0.558. The molecule has 3 heterocycles. The summed E-state index contributed by atoms with van der Waals surface area (Å²) < 4.78 is 50.2. The van der Waals surface area contributed by atoms with E-state index in [4.69, 9.17) is 14.4 Å². The first-order valence-electron chi connectivity index (χ1n) is 9.57. The number of imide groups is 1. The van der Waals surface area contributed by atoms with Crippen LogP contribution >= 0.6 is 0 Å². The van der Waals surface area contributed by atoms with Crippen molar-refractivity contribution in [1.82, 2.24) is 10.1 Å². The van der Waals surface area contributed by atoms with Crippen LogP contribution < -0.4 is 4.90 Å². The van der Waals surface area contributed by atoms with Crippen LogP contribution in [0.15, 0.2) is 34.9 Å². The molecule has 0 radical (unpaired) electrons. The normalized spacial score (nSPS) is 21.6. The number of hydrogen-bond donors (Lipinski definition) is 1. The van der Waals surface area contributed by atoms with Gasteiger partial charge in [0.1, 0.15) is 11.6 Å². The monoisotopic (exact) mass is 457 g/mol. The lowest BCUT2D eigenvalue weighted by atomic mass is 10.1. The molecule has 1 aromatic carbocycles. The van der Waals surface area contributed by atoms with Crippen LogP contribution in [0.3, 0.4) is 0 Å². The highest BCUT2D eigenvalue weighted by Crippen LogP contribution is 2.33. The molecular weight excluding hydrogens is 438 g/mol. The Morgan fingerprint density at radius 2 is 1.84 bits per heavy atom. The third-order valence-corrected chi connectivity index (χ3v) is 5.16. The number of alkyl halides is 3. The Morgan fingerprint density at radius 1 is 1.22 bits per heavy atom. The number of carbonyl (C=O) groups excluding carboxylic acids is 2. The summed E-state index contributed by atoms with van der Waals surface area (Å²) in [4.78, 5) is 37.2. The number of likely N-dealkylation sites (tertiary alicyclic amines) is 1. The Kier molecular flexibility index (Phi) is 6.63. The van der Waals surface area contributed by atoms with Gasteiger partial charge in [0, 0.05) is 18.5 Å². The van der Waals surface area contributed by atoms with Crippen molar-refractivity contribution in [2.24, 2.45) is 0 Å². The second-order valence-corrected chi connectivity index (χ2v) is 7.42. The van der Waals surface area contributed by atoms with Gasteiger partial charge in [-0.2, -0.15) is 13.2 Å². The van der Waals surface area contributed by atoms with E-state index in [9.17, 15) is 27.2 Å². The van der Waals surface area contributed by atoms with E-state index in [1.54, 1.807) is 0 Å². The Hall–Kier alpha value is -3.28. The molecule has 32 heavy (non-hydrogen) atoms. The van der Waals surface area contributed by atoms with Gasteiger partial charge in [-0.3, -0.25) is 14.5 Å². The average molecular weight is 457 g/mol. The molecule has 8 nitrogen and oxygen atoms in total. The average Bonchev–Trinajstić information content (AvgIpc) is 3.42. The molecule has 0 saturated carbocycles. The topological polar surface area (TPSA) is 104 Å². The van der Waals surface area contributed by atoms with Gasteiger partial charge in [0.05, 0.1) is 23.8 Å². The van der Waals surface area contributed by atoms with Gasteiger partial charge >= 0.3 is 12.1 Å². The van der Waals surface area contributed by atoms with Crippen molar-refractivity contribution in [1.29, 1.82) is 0 Å². The van der Waals surface area contributed by atoms with E-state index >= 15 is 0 Å². The van der Waals surface area contributed by atoms with Gasteiger partial charge in [-0.25, -0.2) is 14.1 Å². The number of halogens is 4. The number of amides is 2. The molecule has 2 aliphatic rings. The maximum absolute atomic E-state index is 13.1. The molecule has 1 N–H and O–H groups in total. The number of carboxylic acid groups (broad SMARTS) is 1. The Labute approximate surface area is 179 Å². The number of nitrogens with zero attached hydrogens (tertiary/aromatic N) is 3. The van der Waals surface area contributed by atoms with Gasteiger partial charge in [0.2, 0.25) is 5.91 Å². The fraction of sp³-hybridized carbons (Fsp3) is 0.400. The van der Waals surface area contributed by atoms with Gasteiger partial charge < -0.3 is 9.63 Å². The Bertz CT molecular complexity index is 1010. The van der Waals surface area contributed by atoms with E-state index in [1.165, 1.54) is 24.3 Å². The number of aromatic nitrogens is 1. The largest absolute Gasteiger partial charge is 0.490 e. The molecule has 0 spiro atoms. The molecule has 1 aromatic heterocycles. The predicted molar refractivity (Wildman–Crippen MR) is 101 cm³/mol. The third kappa shape index (κ3) is 5.13. The standard InChI is InChI=1S/C18H18FN3O3.C2HF3O2/c1-11-8-16(25-20-11)12-6-7-21(10-12)15-9-17(23)22(18(15)24)14-4-2-13(19)3-5-14;3-2(4,5)1(6)7/h2-5,8,12,15H,6-7,9-10H2,1H3;(H,6,7). The summed E-state index contributed by atoms with van der Waals surface area (Å²) in [6, 6.07) is 6.87. The zero-order valence-electron chi connectivity index (χ0n) is 16.8. The van der Waals surface area contributed by atoms with Crippen LogP contribution in [0, 0.1) is 12.7 Å². The first kappa shape index (κ1) is 23.4. The summed E-state index contributed by atoms with van der Waals surface area (Å²) >= 11 is 0. The molecule has 0 aliphatic carbocycles. The summed E-state index contributed by atoms with van der Waals surface area (Å²) in [7, 11) is 0. The highest BCUT2D eigenvalue weighted by Gasteiger charge is 2.45. The summed E-state index contributed by atoms with van der Waals surface area (Å²) in [5, 5.41) is 11.0. The molecule has 12 heteroatoms. The molecule has 2 aromatic rings. The van der Waals surface area contributed by atoms with Gasteiger partial charge in [-0.15, -0.1) is 0 Å². The van der Waals surface area contributed by atoms with Crippen molar-refractivity contribution in [3.63, 3.8) is 0 Å². The van der Waals surface area contributed by atoms with Crippen LogP contribution in [0.25, 0.3) is 0 Å². The number of rotatable bonds is 3. The number of carboxylic acids is 1. The SMILES string of the molecule is Cc1cc(C2CCN(C3CC(=O)N(c4ccc(F)cc4)C3=O)C2)on1.O=C(O)C(F)(F)F. The molecule has 2 atom stereocenters. The van der Waals surface area contributed by atoms with E-state index in [1.807, 2.05) is 17.9 Å². The molecule has 2 fully saturated rings. The molecule has 2 saturated heterocycles. The zero-order valence-corrected chi connectivity index (χ0v) is 16.8. The highest BCUT2D eigenvalue weighted by molar-refractivity contribution is 6.22. The van der Waals surface area contributed by atoms with Gasteiger partial charge in [-0.05, 0) is 44.2 Å². The van der Waals surface area contributed by atoms with Crippen molar-refractivity contribution in [2.75, 3.05) is 18.0 Å². The van der Waals surface area contributed by atoms with Crippen LogP contribution in [-0.4, -0.2) is 58.3 Å². The number of aliphatic carboxylic acids is 1. The minimum Gasteiger partial charge on any atom is -0.475 e. The lowest BCUT2D eigenvalue weighted by Gasteiger charge is -2.22. The van der Waals surface area contributed by atoms with E-state index in [0.29, 0.717) is 12.2 Å².